The number of carbonyl (C=O) groups is 1. The Kier molecular flexibility index (Phi) is 5.62. The molecule has 1 saturated carbocycles. The van der Waals surface area contributed by atoms with E-state index in [1.54, 1.807) is 0 Å². The van der Waals surface area contributed by atoms with Crippen LogP contribution in [0.1, 0.15) is 44.1 Å². The number of benzene rings is 1. The van der Waals surface area contributed by atoms with Crippen molar-refractivity contribution in [1.29, 1.82) is 0 Å². The van der Waals surface area contributed by atoms with Gasteiger partial charge in [0.1, 0.15) is 6.29 Å². The summed E-state index contributed by atoms with van der Waals surface area (Å²) >= 11 is 5.91. The van der Waals surface area contributed by atoms with Crippen LogP contribution in [-0.2, 0) is 11.3 Å². The molecule has 0 radical (unpaired) electrons. The van der Waals surface area contributed by atoms with E-state index in [1.807, 2.05) is 12.1 Å². The van der Waals surface area contributed by atoms with E-state index in [-0.39, 0.29) is 5.41 Å². The summed E-state index contributed by atoms with van der Waals surface area (Å²) in [5.41, 5.74) is 1.11. The fourth-order valence-electron chi connectivity index (χ4n) is 3.24. The van der Waals surface area contributed by atoms with Gasteiger partial charge in [0.25, 0.3) is 0 Å². The number of hydrogen-bond donors (Lipinski definition) is 0. The van der Waals surface area contributed by atoms with Gasteiger partial charge < -0.3 is 9.69 Å². The molecule has 0 atom stereocenters. The average molecular weight is 294 g/mol. The summed E-state index contributed by atoms with van der Waals surface area (Å²) in [4.78, 5) is 13.9. The molecule has 0 saturated heterocycles. The summed E-state index contributed by atoms with van der Waals surface area (Å²) in [6.45, 7) is 1.73. The first kappa shape index (κ1) is 15.5. The molecule has 0 aromatic heterocycles. The summed E-state index contributed by atoms with van der Waals surface area (Å²) < 4.78 is 0. The molecule has 1 aliphatic carbocycles. The third-order valence-corrected chi connectivity index (χ3v) is 4.55. The van der Waals surface area contributed by atoms with Crippen LogP contribution >= 0.6 is 11.6 Å². The van der Waals surface area contributed by atoms with Gasteiger partial charge in [0, 0.05) is 23.5 Å². The van der Waals surface area contributed by atoms with Gasteiger partial charge >= 0.3 is 0 Å². The SMILES string of the molecule is CN(Cc1ccc(Cl)cc1)CC1(C=O)CCCCCC1. The minimum absolute atomic E-state index is 0.127. The van der Waals surface area contributed by atoms with Gasteiger partial charge in [-0.1, -0.05) is 49.4 Å². The molecule has 3 heteroatoms. The number of hydrogen-bond acceptors (Lipinski definition) is 2. The Hall–Kier alpha value is -0.860. The van der Waals surface area contributed by atoms with Crippen LogP contribution in [0, 0.1) is 5.41 Å². The van der Waals surface area contributed by atoms with Crippen molar-refractivity contribution < 1.29 is 4.79 Å². The van der Waals surface area contributed by atoms with Crippen molar-refractivity contribution in [3.63, 3.8) is 0 Å². The van der Waals surface area contributed by atoms with Crippen LogP contribution in [0.25, 0.3) is 0 Å². The molecule has 0 unspecified atom stereocenters. The molecule has 0 N–H and O–H groups in total. The van der Waals surface area contributed by atoms with E-state index < -0.39 is 0 Å². The van der Waals surface area contributed by atoms with Crippen LogP contribution in [0.4, 0.5) is 0 Å². The van der Waals surface area contributed by atoms with Crippen molar-refractivity contribution >= 4 is 17.9 Å². The van der Waals surface area contributed by atoms with Crippen LogP contribution < -0.4 is 0 Å². The maximum Gasteiger partial charge on any atom is 0.127 e. The zero-order chi connectivity index (χ0) is 14.4. The van der Waals surface area contributed by atoms with Gasteiger partial charge in [-0.2, -0.15) is 0 Å². The molecule has 0 aliphatic heterocycles. The molecule has 2 nitrogen and oxygen atoms in total. The van der Waals surface area contributed by atoms with Gasteiger partial charge in [-0.25, -0.2) is 0 Å². The Bertz CT molecular complexity index is 421. The van der Waals surface area contributed by atoms with Crippen LogP contribution in [0.3, 0.4) is 0 Å². The summed E-state index contributed by atoms with van der Waals surface area (Å²) in [6, 6.07) is 7.96. The lowest BCUT2D eigenvalue weighted by atomic mass is 9.81. The highest BCUT2D eigenvalue weighted by molar-refractivity contribution is 6.30. The van der Waals surface area contributed by atoms with Crippen LogP contribution in [0.2, 0.25) is 5.02 Å². The highest BCUT2D eigenvalue weighted by Crippen LogP contribution is 2.34. The van der Waals surface area contributed by atoms with Gasteiger partial charge in [0.2, 0.25) is 0 Å². The molecule has 0 heterocycles. The van der Waals surface area contributed by atoms with E-state index in [2.05, 4.69) is 24.1 Å². The maximum atomic E-state index is 11.6. The molecule has 1 fully saturated rings. The lowest BCUT2D eigenvalue weighted by Crippen LogP contribution is -2.36. The zero-order valence-electron chi connectivity index (χ0n) is 12.3. The summed E-state index contributed by atoms with van der Waals surface area (Å²) in [7, 11) is 2.10. The lowest BCUT2D eigenvalue weighted by molar-refractivity contribution is -0.118. The normalized spacial score (nSPS) is 18.8. The predicted molar refractivity (Wildman–Crippen MR) is 84.0 cm³/mol. The van der Waals surface area contributed by atoms with Gasteiger partial charge in [-0.05, 0) is 37.6 Å². The minimum Gasteiger partial charge on any atom is -0.303 e. The Labute approximate surface area is 127 Å². The fourth-order valence-corrected chi connectivity index (χ4v) is 3.37. The molecule has 1 aromatic carbocycles. The maximum absolute atomic E-state index is 11.6. The first-order chi connectivity index (χ1) is 9.63. The quantitative estimate of drug-likeness (QED) is 0.595. The second-order valence-electron chi connectivity index (χ2n) is 6.19. The topological polar surface area (TPSA) is 20.3 Å². The molecular formula is C17H24ClNO. The molecule has 0 amide bonds. The fraction of sp³-hybridized carbons (Fsp3) is 0.588. The molecular weight excluding hydrogens is 270 g/mol. The zero-order valence-corrected chi connectivity index (χ0v) is 13.0. The van der Waals surface area contributed by atoms with Gasteiger partial charge in [-0.3, -0.25) is 0 Å². The number of nitrogens with zero attached hydrogens (tertiary/aromatic N) is 1. The van der Waals surface area contributed by atoms with Crippen molar-refractivity contribution in [3.05, 3.63) is 34.9 Å². The standard InChI is InChI=1S/C17H24ClNO/c1-19(12-15-6-8-16(18)9-7-15)13-17(14-20)10-4-2-3-5-11-17/h6-9,14H,2-5,10-13H2,1H3. The van der Waals surface area contributed by atoms with Crippen molar-refractivity contribution in [2.75, 3.05) is 13.6 Å². The summed E-state index contributed by atoms with van der Waals surface area (Å²) in [5, 5.41) is 0.768. The monoisotopic (exact) mass is 293 g/mol. The largest absolute Gasteiger partial charge is 0.303 e. The molecule has 1 aromatic rings. The first-order valence-electron chi connectivity index (χ1n) is 7.53. The van der Waals surface area contributed by atoms with E-state index in [0.29, 0.717) is 0 Å². The van der Waals surface area contributed by atoms with Crippen molar-refractivity contribution in [2.24, 2.45) is 5.41 Å². The van der Waals surface area contributed by atoms with Crippen LogP contribution in [0.5, 0.6) is 0 Å². The van der Waals surface area contributed by atoms with Crippen LogP contribution in [-0.4, -0.2) is 24.8 Å². The molecule has 0 spiro atoms. The Morgan fingerprint density at radius 2 is 1.75 bits per heavy atom. The molecule has 2 rings (SSSR count). The predicted octanol–water partition coefficient (Wildman–Crippen LogP) is 4.31. The number of halogens is 1. The third kappa shape index (κ3) is 4.32. The Morgan fingerprint density at radius 1 is 1.15 bits per heavy atom. The van der Waals surface area contributed by atoms with E-state index in [1.165, 1.54) is 37.5 Å². The smallest absolute Gasteiger partial charge is 0.127 e. The number of carbonyl (C=O) groups excluding carboxylic acids is 1. The second kappa shape index (κ2) is 7.24. The number of aldehydes is 1. The van der Waals surface area contributed by atoms with E-state index in [9.17, 15) is 4.79 Å². The molecule has 1 aliphatic rings. The lowest BCUT2D eigenvalue weighted by Gasteiger charge is -2.31. The highest BCUT2D eigenvalue weighted by Gasteiger charge is 2.31. The Morgan fingerprint density at radius 3 is 2.30 bits per heavy atom. The molecule has 110 valence electrons. The first-order valence-corrected chi connectivity index (χ1v) is 7.91. The summed E-state index contributed by atoms with van der Waals surface area (Å²) in [6.07, 6.45) is 8.23. The van der Waals surface area contributed by atoms with Crippen molar-refractivity contribution in [3.8, 4) is 0 Å². The molecule has 20 heavy (non-hydrogen) atoms. The summed E-state index contributed by atoms with van der Waals surface area (Å²) in [5.74, 6) is 0. The van der Waals surface area contributed by atoms with E-state index >= 15 is 0 Å². The van der Waals surface area contributed by atoms with Gasteiger partial charge in [0.05, 0.1) is 0 Å². The van der Waals surface area contributed by atoms with Gasteiger partial charge in [0.15, 0.2) is 0 Å². The van der Waals surface area contributed by atoms with Gasteiger partial charge in [-0.15, -0.1) is 0 Å². The van der Waals surface area contributed by atoms with Crippen molar-refractivity contribution in [1.82, 2.24) is 4.90 Å². The molecule has 0 bridgehead atoms. The highest BCUT2D eigenvalue weighted by atomic mass is 35.5. The number of rotatable bonds is 5. The third-order valence-electron chi connectivity index (χ3n) is 4.30. The second-order valence-corrected chi connectivity index (χ2v) is 6.63. The Balaban J connectivity index is 1.96. The average Bonchev–Trinajstić information content (AvgIpc) is 2.67. The van der Waals surface area contributed by atoms with Crippen molar-refractivity contribution in [2.45, 2.75) is 45.1 Å². The minimum atomic E-state index is -0.127. The van der Waals surface area contributed by atoms with E-state index in [0.717, 1.165) is 31.0 Å². The van der Waals surface area contributed by atoms with Crippen LogP contribution in [0.15, 0.2) is 24.3 Å². The van der Waals surface area contributed by atoms with E-state index in [4.69, 9.17) is 11.6 Å².